The number of amides is 2. The summed E-state index contributed by atoms with van der Waals surface area (Å²) < 4.78 is 0. The predicted molar refractivity (Wildman–Crippen MR) is 119 cm³/mol. The lowest BCUT2D eigenvalue weighted by molar-refractivity contribution is 0.0694. The Balaban J connectivity index is 1.48. The quantitative estimate of drug-likeness (QED) is 0.695. The van der Waals surface area contributed by atoms with Crippen LogP contribution in [0.1, 0.15) is 69.3 Å². The maximum atomic E-state index is 13.5. The molecule has 5 rings (SSSR count). The van der Waals surface area contributed by atoms with Gasteiger partial charge in [-0.3, -0.25) is 14.6 Å². The van der Waals surface area contributed by atoms with E-state index in [2.05, 4.69) is 42.3 Å². The van der Waals surface area contributed by atoms with Crippen molar-refractivity contribution in [3.8, 4) is 0 Å². The maximum Gasteiger partial charge on any atom is 0.255 e. The minimum absolute atomic E-state index is 0.0315. The summed E-state index contributed by atoms with van der Waals surface area (Å²) >= 11 is 0. The molecule has 0 saturated carbocycles. The molecule has 0 aliphatic carbocycles. The van der Waals surface area contributed by atoms with E-state index in [-0.39, 0.29) is 23.3 Å². The summed E-state index contributed by atoms with van der Waals surface area (Å²) in [7, 11) is 0. The van der Waals surface area contributed by atoms with Crippen LogP contribution in [-0.4, -0.2) is 21.7 Å². The number of rotatable bonds is 3. The van der Waals surface area contributed by atoms with Crippen LogP contribution < -0.4 is 5.32 Å². The highest BCUT2D eigenvalue weighted by Gasteiger charge is 2.44. The van der Waals surface area contributed by atoms with Gasteiger partial charge in [-0.25, -0.2) is 0 Å². The molecule has 2 aliphatic rings. The molecule has 1 aromatic heterocycles. The zero-order valence-electron chi connectivity index (χ0n) is 17.8. The zero-order valence-corrected chi connectivity index (χ0v) is 17.8. The van der Waals surface area contributed by atoms with Crippen LogP contribution in [0.4, 0.5) is 0 Å². The van der Waals surface area contributed by atoms with Gasteiger partial charge in [0.2, 0.25) is 0 Å². The molecule has 0 saturated heterocycles. The summed E-state index contributed by atoms with van der Waals surface area (Å²) in [6, 6.07) is 17.7. The highest BCUT2D eigenvalue weighted by atomic mass is 16.2. The van der Waals surface area contributed by atoms with Gasteiger partial charge in [0.05, 0.1) is 17.2 Å². The van der Waals surface area contributed by atoms with E-state index in [9.17, 15) is 9.59 Å². The van der Waals surface area contributed by atoms with Gasteiger partial charge in [-0.2, -0.15) is 0 Å². The van der Waals surface area contributed by atoms with Crippen molar-refractivity contribution in [3.63, 3.8) is 0 Å². The number of pyridine rings is 1. The number of carbonyl (C=O) groups excluding carboxylic acids is 2. The van der Waals surface area contributed by atoms with Crippen molar-refractivity contribution in [2.24, 2.45) is 0 Å². The first kappa shape index (κ1) is 19.5. The summed E-state index contributed by atoms with van der Waals surface area (Å²) in [4.78, 5) is 32.6. The fourth-order valence-corrected chi connectivity index (χ4v) is 5.01. The standard InChI is InChI=1S/C26H25N3O2/c1-26(2)13-22-19-9-5-10-20(24(30)28-15-17-7-6-12-27-14-17)23(19)25(31)29(22)16-18-8-3-4-11-21(18)26/h3-12,14,22H,13,15-16H2,1-2H3,(H,28,30). The van der Waals surface area contributed by atoms with E-state index in [0.29, 0.717) is 24.2 Å². The minimum atomic E-state index is -0.230. The number of nitrogens with zero attached hydrogens (tertiary/aromatic N) is 2. The topological polar surface area (TPSA) is 62.3 Å². The van der Waals surface area contributed by atoms with Crippen molar-refractivity contribution in [2.75, 3.05) is 0 Å². The van der Waals surface area contributed by atoms with Crippen molar-refractivity contribution in [1.82, 2.24) is 15.2 Å². The first-order valence-corrected chi connectivity index (χ1v) is 10.6. The molecule has 0 bridgehead atoms. The first-order chi connectivity index (χ1) is 15.0. The largest absolute Gasteiger partial charge is 0.348 e. The van der Waals surface area contributed by atoms with Crippen molar-refractivity contribution in [2.45, 2.75) is 44.8 Å². The SMILES string of the molecule is CC1(C)CC2c3cccc(C(=O)NCc4cccnc4)c3C(=O)N2Cc2ccccc21. The Bertz CT molecular complexity index is 1170. The summed E-state index contributed by atoms with van der Waals surface area (Å²) in [6.45, 7) is 5.41. The molecule has 1 N–H and O–H groups in total. The van der Waals surface area contributed by atoms with Gasteiger partial charge in [-0.1, -0.05) is 56.3 Å². The van der Waals surface area contributed by atoms with Crippen LogP contribution in [0.5, 0.6) is 0 Å². The highest BCUT2D eigenvalue weighted by molar-refractivity contribution is 6.10. The van der Waals surface area contributed by atoms with Crippen molar-refractivity contribution >= 4 is 11.8 Å². The van der Waals surface area contributed by atoms with Gasteiger partial charge < -0.3 is 10.2 Å². The van der Waals surface area contributed by atoms with E-state index in [1.54, 1.807) is 18.5 Å². The van der Waals surface area contributed by atoms with Crippen LogP contribution in [0, 0.1) is 0 Å². The lowest BCUT2D eigenvalue weighted by Gasteiger charge is -2.29. The van der Waals surface area contributed by atoms with Crippen LogP contribution in [0.2, 0.25) is 0 Å². The number of hydrogen-bond donors (Lipinski definition) is 1. The number of hydrogen-bond acceptors (Lipinski definition) is 3. The summed E-state index contributed by atoms with van der Waals surface area (Å²) in [5, 5.41) is 2.94. The van der Waals surface area contributed by atoms with E-state index in [0.717, 1.165) is 17.5 Å². The molecule has 156 valence electrons. The third-order valence-electron chi connectivity index (χ3n) is 6.52. The fourth-order valence-electron chi connectivity index (χ4n) is 5.01. The van der Waals surface area contributed by atoms with Crippen molar-refractivity contribution in [1.29, 1.82) is 0 Å². The average Bonchev–Trinajstić information content (AvgIpc) is 2.96. The minimum Gasteiger partial charge on any atom is -0.348 e. The second-order valence-electron chi connectivity index (χ2n) is 9.01. The van der Waals surface area contributed by atoms with Crippen LogP contribution >= 0.6 is 0 Å². The molecule has 31 heavy (non-hydrogen) atoms. The number of fused-ring (bicyclic) bond motifs is 4. The predicted octanol–water partition coefficient (Wildman–Crippen LogP) is 4.39. The van der Waals surface area contributed by atoms with Gasteiger partial charge in [0.25, 0.3) is 11.8 Å². The smallest absolute Gasteiger partial charge is 0.255 e. The van der Waals surface area contributed by atoms with Gasteiger partial charge in [-0.05, 0) is 46.2 Å². The molecule has 3 heterocycles. The monoisotopic (exact) mass is 411 g/mol. The second-order valence-corrected chi connectivity index (χ2v) is 9.01. The van der Waals surface area contributed by atoms with Gasteiger partial charge in [0.1, 0.15) is 0 Å². The average molecular weight is 412 g/mol. The van der Waals surface area contributed by atoms with E-state index < -0.39 is 0 Å². The van der Waals surface area contributed by atoms with Gasteiger partial charge >= 0.3 is 0 Å². The molecular weight excluding hydrogens is 386 g/mol. The molecule has 0 radical (unpaired) electrons. The van der Waals surface area contributed by atoms with E-state index >= 15 is 0 Å². The van der Waals surface area contributed by atoms with E-state index in [1.165, 1.54) is 11.1 Å². The summed E-state index contributed by atoms with van der Waals surface area (Å²) in [6.07, 6.45) is 4.25. The Hall–Kier alpha value is -3.47. The zero-order chi connectivity index (χ0) is 21.6. The Kier molecular flexibility index (Phi) is 4.62. The number of aromatic nitrogens is 1. The molecule has 2 aromatic carbocycles. The fraction of sp³-hybridized carbons (Fsp3) is 0.269. The Morgan fingerprint density at radius 3 is 2.77 bits per heavy atom. The van der Waals surface area contributed by atoms with Gasteiger partial charge in [0.15, 0.2) is 0 Å². The molecule has 1 unspecified atom stereocenters. The van der Waals surface area contributed by atoms with Crippen LogP contribution in [0.3, 0.4) is 0 Å². The third kappa shape index (κ3) is 3.30. The number of nitrogens with one attached hydrogen (secondary N) is 1. The van der Waals surface area contributed by atoms with Crippen molar-refractivity contribution in [3.05, 3.63) is 100 Å². The molecule has 0 fully saturated rings. The molecular formula is C26H25N3O2. The summed E-state index contributed by atoms with van der Waals surface area (Å²) in [5.41, 5.74) is 5.28. The molecule has 3 aromatic rings. The van der Waals surface area contributed by atoms with Crippen LogP contribution in [0.15, 0.2) is 67.0 Å². The molecule has 1 atom stereocenters. The van der Waals surface area contributed by atoms with Crippen LogP contribution in [-0.2, 0) is 18.5 Å². The Morgan fingerprint density at radius 2 is 1.97 bits per heavy atom. The Labute approximate surface area is 182 Å². The number of benzene rings is 2. The lowest BCUT2D eigenvalue weighted by Crippen LogP contribution is -2.29. The summed E-state index contributed by atoms with van der Waals surface area (Å²) in [5.74, 6) is -0.286. The van der Waals surface area contributed by atoms with Crippen molar-refractivity contribution < 1.29 is 9.59 Å². The van der Waals surface area contributed by atoms with Gasteiger partial charge in [0, 0.05) is 25.5 Å². The van der Waals surface area contributed by atoms with Crippen LogP contribution in [0.25, 0.3) is 0 Å². The maximum absolute atomic E-state index is 13.5. The number of carbonyl (C=O) groups is 2. The first-order valence-electron chi connectivity index (χ1n) is 10.6. The lowest BCUT2D eigenvalue weighted by atomic mass is 9.77. The third-order valence-corrected chi connectivity index (χ3v) is 6.52. The normalized spacial score (nSPS) is 18.6. The van der Waals surface area contributed by atoms with E-state index in [1.807, 2.05) is 35.2 Å². The molecule has 5 nitrogen and oxygen atoms in total. The highest BCUT2D eigenvalue weighted by Crippen LogP contribution is 2.47. The second kappa shape index (κ2) is 7.34. The molecule has 2 aliphatic heterocycles. The molecule has 0 spiro atoms. The van der Waals surface area contributed by atoms with E-state index in [4.69, 9.17) is 0 Å². The van der Waals surface area contributed by atoms with Gasteiger partial charge in [-0.15, -0.1) is 0 Å². The Morgan fingerprint density at radius 1 is 1.13 bits per heavy atom. The molecule has 5 heteroatoms. The molecule has 2 amide bonds.